The molecule has 0 spiro atoms. The largest absolute Gasteiger partial charge is 0.370 e. The fourth-order valence-electron chi connectivity index (χ4n) is 1.64. The van der Waals surface area contributed by atoms with E-state index in [0.29, 0.717) is 0 Å². The van der Waals surface area contributed by atoms with Gasteiger partial charge in [-0.25, -0.2) is 9.97 Å². The number of pyridine rings is 1. The first-order valence-electron chi connectivity index (χ1n) is 6.00. The highest BCUT2D eigenvalue weighted by Gasteiger charge is 2.10. The highest BCUT2D eigenvalue weighted by Crippen LogP contribution is 2.30. The monoisotopic (exact) mass is 260 g/mol. The molecule has 0 amide bonds. The van der Waals surface area contributed by atoms with Gasteiger partial charge >= 0.3 is 0 Å². The summed E-state index contributed by atoms with van der Waals surface area (Å²) in [6.07, 6.45) is 6.11. The number of aromatic nitrogens is 3. The number of hydrogen-bond donors (Lipinski definition) is 1. The van der Waals surface area contributed by atoms with E-state index in [4.69, 9.17) is 0 Å². The van der Waals surface area contributed by atoms with E-state index < -0.39 is 0 Å². The minimum absolute atomic E-state index is 0.864. The van der Waals surface area contributed by atoms with Crippen LogP contribution in [0.25, 0.3) is 0 Å². The lowest BCUT2D eigenvalue weighted by Gasteiger charge is -2.11. The Hall–Kier alpha value is -1.62. The van der Waals surface area contributed by atoms with E-state index in [1.165, 1.54) is 5.56 Å². The predicted octanol–water partition coefficient (Wildman–Crippen LogP) is 3.02. The molecule has 0 saturated heterocycles. The van der Waals surface area contributed by atoms with Gasteiger partial charge in [0.05, 0.1) is 0 Å². The maximum Gasteiger partial charge on any atom is 0.133 e. The van der Waals surface area contributed by atoms with Crippen molar-refractivity contribution < 1.29 is 0 Å². The maximum atomic E-state index is 4.38. The molecule has 4 nitrogen and oxygen atoms in total. The van der Waals surface area contributed by atoms with Gasteiger partial charge in [0.25, 0.3) is 0 Å². The lowest BCUT2D eigenvalue weighted by atomic mass is 10.2. The zero-order valence-corrected chi connectivity index (χ0v) is 11.4. The highest BCUT2D eigenvalue weighted by atomic mass is 32.2. The van der Waals surface area contributed by atoms with Gasteiger partial charge < -0.3 is 5.32 Å². The summed E-state index contributed by atoms with van der Waals surface area (Å²) in [7, 11) is 0. The molecule has 2 rings (SSSR count). The molecule has 0 aliphatic rings. The SMILES string of the molecule is CCNc1ncnc(Sc2ccncc2)c1CC. The molecule has 0 atom stereocenters. The van der Waals surface area contributed by atoms with Crippen molar-refractivity contribution in [3.05, 3.63) is 36.4 Å². The van der Waals surface area contributed by atoms with E-state index in [0.717, 1.165) is 28.7 Å². The molecule has 0 radical (unpaired) electrons. The molecule has 0 aromatic carbocycles. The van der Waals surface area contributed by atoms with Gasteiger partial charge in [0.2, 0.25) is 0 Å². The van der Waals surface area contributed by atoms with Gasteiger partial charge in [0.15, 0.2) is 0 Å². The number of nitrogens with one attached hydrogen (secondary N) is 1. The smallest absolute Gasteiger partial charge is 0.133 e. The summed E-state index contributed by atoms with van der Waals surface area (Å²) in [6, 6.07) is 3.97. The van der Waals surface area contributed by atoms with E-state index in [-0.39, 0.29) is 0 Å². The highest BCUT2D eigenvalue weighted by molar-refractivity contribution is 7.99. The van der Waals surface area contributed by atoms with Crippen LogP contribution in [0.5, 0.6) is 0 Å². The fourth-order valence-corrected chi connectivity index (χ4v) is 2.59. The first kappa shape index (κ1) is 12.8. The first-order valence-corrected chi connectivity index (χ1v) is 6.82. The van der Waals surface area contributed by atoms with Crippen molar-refractivity contribution in [1.29, 1.82) is 0 Å². The lowest BCUT2D eigenvalue weighted by molar-refractivity contribution is 0.937. The molecular weight excluding hydrogens is 244 g/mol. The molecule has 0 bridgehead atoms. The van der Waals surface area contributed by atoms with Crippen LogP contribution in [0.3, 0.4) is 0 Å². The Morgan fingerprint density at radius 1 is 1.17 bits per heavy atom. The van der Waals surface area contributed by atoms with Crippen LogP contribution in [-0.2, 0) is 6.42 Å². The topological polar surface area (TPSA) is 50.7 Å². The molecule has 5 heteroatoms. The van der Waals surface area contributed by atoms with Crippen LogP contribution in [0.4, 0.5) is 5.82 Å². The van der Waals surface area contributed by atoms with Gasteiger partial charge in [-0.05, 0) is 25.5 Å². The Labute approximate surface area is 111 Å². The van der Waals surface area contributed by atoms with Gasteiger partial charge in [-0.1, -0.05) is 18.7 Å². The summed E-state index contributed by atoms with van der Waals surface area (Å²) in [6.45, 7) is 5.05. The summed E-state index contributed by atoms with van der Waals surface area (Å²) in [5.41, 5.74) is 1.17. The number of rotatable bonds is 5. The standard InChI is InChI=1S/C13H16N4S/c1-3-11-12(15-4-2)16-9-17-13(11)18-10-5-7-14-8-6-10/h5-9H,3-4H2,1-2H3,(H,15,16,17). The molecule has 0 aliphatic heterocycles. The second-order valence-electron chi connectivity index (χ2n) is 3.67. The normalized spacial score (nSPS) is 10.3. The van der Waals surface area contributed by atoms with Gasteiger partial charge in [-0.3, -0.25) is 4.98 Å². The van der Waals surface area contributed by atoms with Gasteiger partial charge in [-0.2, -0.15) is 0 Å². The van der Waals surface area contributed by atoms with Crippen LogP contribution in [-0.4, -0.2) is 21.5 Å². The fraction of sp³-hybridized carbons (Fsp3) is 0.308. The second kappa shape index (κ2) is 6.35. The van der Waals surface area contributed by atoms with Crippen molar-refractivity contribution >= 4 is 17.6 Å². The van der Waals surface area contributed by atoms with Gasteiger partial charge in [0.1, 0.15) is 17.2 Å². The van der Waals surface area contributed by atoms with E-state index in [2.05, 4.69) is 34.1 Å². The average Bonchev–Trinajstić information content (AvgIpc) is 2.41. The summed E-state index contributed by atoms with van der Waals surface area (Å²) < 4.78 is 0. The molecule has 0 saturated carbocycles. The van der Waals surface area contributed by atoms with Crippen LogP contribution in [0.15, 0.2) is 40.8 Å². The Morgan fingerprint density at radius 2 is 1.94 bits per heavy atom. The van der Waals surface area contributed by atoms with E-state index in [1.807, 2.05) is 12.1 Å². The molecule has 1 N–H and O–H groups in total. The number of nitrogens with zero attached hydrogens (tertiary/aromatic N) is 3. The molecule has 18 heavy (non-hydrogen) atoms. The molecule has 2 aromatic heterocycles. The van der Waals surface area contributed by atoms with Crippen molar-refractivity contribution in [2.75, 3.05) is 11.9 Å². The van der Waals surface area contributed by atoms with Crippen LogP contribution >= 0.6 is 11.8 Å². The first-order chi connectivity index (χ1) is 8.85. The summed E-state index contributed by atoms with van der Waals surface area (Å²) in [4.78, 5) is 13.8. The third-order valence-electron chi connectivity index (χ3n) is 2.47. The Morgan fingerprint density at radius 3 is 2.61 bits per heavy atom. The molecule has 94 valence electrons. The zero-order valence-electron chi connectivity index (χ0n) is 10.6. The predicted molar refractivity (Wildman–Crippen MR) is 73.9 cm³/mol. The minimum atomic E-state index is 0.864. The third-order valence-corrected chi connectivity index (χ3v) is 3.52. The summed E-state index contributed by atoms with van der Waals surface area (Å²) >= 11 is 1.65. The van der Waals surface area contributed by atoms with Crippen LogP contribution < -0.4 is 5.32 Å². The quantitative estimate of drug-likeness (QED) is 0.837. The van der Waals surface area contributed by atoms with Crippen LogP contribution in [0, 0.1) is 0 Å². The maximum absolute atomic E-state index is 4.38. The van der Waals surface area contributed by atoms with Crippen molar-refractivity contribution in [2.24, 2.45) is 0 Å². The van der Waals surface area contributed by atoms with E-state index in [1.54, 1.807) is 30.5 Å². The van der Waals surface area contributed by atoms with Crippen molar-refractivity contribution in [3.63, 3.8) is 0 Å². The number of anilines is 1. The van der Waals surface area contributed by atoms with Crippen LogP contribution in [0.2, 0.25) is 0 Å². The van der Waals surface area contributed by atoms with Crippen molar-refractivity contribution in [3.8, 4) is 0 Å². The molecule has 0 aliphatic carbocycles. The van der Waals surface area contributed by atoms with Crippen molar-refractivity contribution in [2.45, 2.75) is 30.2 Å². The van der Waals surface area contributed by atoms with Crippen molar-refractivity contribution in [1.82, 2.24) is 15.0 Å². The van der Waals surface area contributed by atoms with Gasteiger partial charge in [-0.15, -0.1) is 0 Å². The molecule has 2 heterocycles. The molecule has 2 aromatic rings. The minimum Gasteiger partial charge on any atom is -0.370 e. The van der Waals surface area contributed by atoms with E-state index in [9.17, 15) is 0 Å². The summed E-state index contributed by atoms with van der Waals surface area (Å²) in [5, 5.41) is 4.29. The lowest BCUT2D eigenvalue weighted by Crippen LogP contribution is -2.05. The molecule has 0 fully saturated rings. The summed E-state index contributed by atoms with van der Waals surface area (Å²) in [5.74, 6) is 0.937. The second-order valence-corrected chi connectivity index (χ2v) is 4.74. The average molecular weight is 260 g/mol. The van der Waals surface area contributed by atoms with Crippen LogP contribution in [0.1, 0.15) is 19.4 Å². The Kier molecular flexibility index (Phi) is 4.52. The Balaban J connectivity index is 2.30. The number of hydrogen-bond acceptors (Lipinski definition) is 5. The molecule has 0 unspecified atom stereocenters. The Bertz CT molecular complexity index is 502. The van der Waals surface area contributed by atoms with Gasteiger partial charge in [0, 0.05) is 29.4 Å². The third kappa shape index (κ3) is 2.98. The van der Waals surface area contributed by atoms with E-state index >= 15 is 0 Å². The molecular formula is C13H16N4S. The zero-order chi connectivity index (χ0) is 12.8.